The van der Waals surface area contributed by atoms with Crippen molar-refractivity contribution in [2.24, 2.45) is 5.92 Å². The number of hydrogen-bond acceptors (Lipinski definition) is 5. The van der Waals surface area contributed by atoms with E-state index in [1.54, 1.807) is 23.1 Å². The number of nitrogens with one attached hydrogen (secondary N) is 2. The highest BCUT2D eigenvalue weighted by Gasteiger charge is 2.60. The monoisotopic (exact) mass is 490 g/mol. The largest absolute Gasteiger partial charge is 0.508 e. The maximum absolute atomic E-state index is 13.8. The Morgan fingerprint density at radius 2 is 2.03 bits per heavy atom. The summed E-state index contributed by atoms with van der Waals surface area (Å²) in [6.45, 7) is 10.3. The van der Waals surface area contributed by atoms with E-state index in [0.29, 0.717) is 32.0 Å². The van der Waals surface area contributed by atoms with Crippen LogP contribution in [0.1, 0.15) is 50.6 Å². The Hall–Kier alpha value is -3.52. The van der Waals surface area contributed by atoms with Gasteiger partial charge in [-0.25, -0.2) is 4.79 Å². The fourth-order valence-electron chi connectivity index (χ4n) is 5.57. The van der Waals surface area contributed by atoms with Crippen LogP contribution in [0.15, 0.2) is 42.5 Å². The van der Waals surface area contributed by atoms with Crippen LogP contribution in [0.2, 0.25) is 0 Å². The van der Waals surface area contributed by atoms with Crippen molar-refractivity contribution in [3.05, 3.63) is 59.3 Å². The van der Waals surface area contributed by atoms with Gasteiger partial charge in [-0.15, -0.1) is 0 Å². The summed E-state index contributed by atoms with van der Waals surface area (Å²) in [4.78, 5) is 34.3. The Kier molecular flexibility index (Phi) is 6.16. The second-order valence-electron chi connectivity index (χ2n) is 10.3. The molecule has 2 atom stereocenters. The van der Waals surface area contributed by atoms with Crippen molar-refractivity contribution < 1.29 is 19.4 Å². The number of hydrogen-bond donors (Lipinski definition) is 3. The van der Waals surface area contributed by atoms with Crippen LogP contribution in [0.3, 0.4) is 0 Å². The number of rotatable bonds is 8. The smallest absolute Gasteiger partial charge is 0.328 e. The molecule has 5 rings (SSSR count). The van der Waals surface area contributed by atoms with Gasteiger partial charge >= 0.3 is 6.03 Å². The lowest BCUT2D eigenvalue weighted by molar-refractivity contribution is -0.133. The lowest BCUT2D eigenvalue weighted by atomic mass is 9.81. The van der Waals surface area contributed by atoms with Gasteiger partial charge in [0.25, 0.3) is 5.91 Å². The highest BCUT2D eigenvalue weighted by molar-refractivity contribution is 6.08. The summed E-state index contributed by atoms with van der Waals surface area (Å²) in [6.07, 6.45) is 0.397. The third kappa shape index (κ3) is 3.89. The molecule has 2 aromatic carbocycles. The number of carbonyl (C=O) groups is 2. The summed E-state index contributed by atoms with van der Waals surface area (Å²) in [5, 5.41) is 14.6. The van der Waals surface area contributed by atoms with Gasteiger partial charge in [-0.3, -0.25) is 14.6 Å². The second-order valence-corrected chi connectivity index (χ2v) is 10.3. The molecule has 2 aliphatic rings. The number of carbonyl (C=O) groups excluding carboxylic acids is 2. The molecule has 1 fully saturated rings. The average Bonchev–Trinajstić information content (AvgIpc) is 3.27. The van der Waals surface area contributed by atoms with Gasteiger partial charge in [-0.05, 0) is 67.8 Å². The molecule has 1 saturated heterocycles. The first-order valence-corrected chi connectivity index (χ1v) is 12.7. The van der Waals surface area contributed by atoms with E-state index in [2.05, 4.69) is 24.1 Å². The van der Waals surface area contributed by atoms with Gasteiger partial charge in [-0.2, -0.15) is 0 Å². The van der Waals surface area contributed by atoms with Crippen molar-refractivity contribution >= 4 is 22.8 Å². The summed E-state index contributed by atoms with van der Waals surface area (Å²) in [5.74, 6) is 1.17. The van der Waals surface area contributed by atoms with Crippen LogP contribution in [0.4, 0.5) is 4.79 Å². The second kappa shape index (κ2) is 9.17. The van der Waals surface area contributed by atoms with Crippen LogP contribution < -0.4 is 10.1 Å². The zero-order valence-electron chi connectivity index (χ0n) is 21.3. The zero-order chi connectivity index (χ0) is 25.6. The third-order valence-electron chi connectivity index (χ3n) is 7.20. The quantitative estimate of drug-likeness (QED) is 0.325. The molecule has 0 spiro atoms. The van der Waals surface area contributed by atoms with E-state index in [-0.39, 0.29) is 17.7 Å². The van der Waals surface area contributed by atoms with E-state index in [4.69, 9.17) is 4.74 Å². The van der Waals surface area contributed by atoms with Gasteiger partial charge in [-0.1, -0.05) is 26.0 Å². The van der Waals surface area contributed by atoms with E-state index < -0.39 is 11.6 Å². The standard InChI is InChI=1S/C28H34N4O4/c1-5-36-20-9-10-23-21(14-20)22-15-28(4)26(34)31(12-11-29-16-17(2)3)27(35)32(28)25(24(22)30-23)18-7-6-8-19(33)13-18/h6-10,13-14,17,25,29-30,33H,5,11-12,15-16H2,1-4H3/t25-,28+/m1/s1. The summed E-state index contributed by atoms with van der Waals surface area (Å²) < 4.78 is 5.75. The highest BCUT2D eigenvalue weighted by atomic mass is 16.5. The van der Waals surface area contributed by atoms with Crippen molar-refractivity contribution in [3.8, 4) is 11.5 Å². The molecular weight excluding hydrogens is 456 g/mol. The Balaban J connectivity index is 1.61. The zero-order valence-corrected chi connectivity index (χ0v) is 21.3. The summed E-state index contributed by atoms with van der Waals surface area (Å²) in [6, 6.07) is 12.0. The van der Waals surface area contributed by atoms with Gasteiger partial charge in [0.1, 0.15) is 23.1 Å². The van der Waals surface area contributed by atoms with Crippen LogP contribution in [-0.4, -0.2) is 63.6 Å². The first-order chi connectivity index (χ1) is 17.2. The molecule has 2 aliphatic heterocycles. The van der Waals surface area contributed by atoms with Crippen LogP contribution in [-0.2, 0) is 11.2 Å². The van der Waals surface area contributed by atoms with E-state index >= 15 is 0 Å². The minimum atomic E-state index is -1.05. The number of aromatic nitrogens is 1. The summed E-state index contributed by atoms with van der Waals surface area (Å²) >= 11 is 0. The number of phenolic OH excluding ortho intramolecular Hbond substituents is 1. The number of imide groups is 1. The van der Waals surface area contributed by atoms with E-state index in [1.165, 1.54) is 4.90 Å². The molecule has 0 saturated carbocycles. The molecule has 0 unspecified atom stereocenters. The molecule has 0 bridgehead atoms. The molecule has 8 heteroatoms. The van der Waals surface area contributed by atoms with E-state index in [0.717, 1.165) is 40.0 Å². The maximum atomic E-state index is 13.8. The van der Waals surface area contributed by atoms with E-state index in [1.807, 2.05) is 38.1 Å². The number of aromatic hydroxyl groups is 1. The fourth-order valence-corrected chi connectivity index (χ4v) is 5.57. The van der Waals surface area contributed by atoms with Crippen LogP contribution in [0.25, 0.3) is 10.9 Å². The van der Waals surface area contributed by atoms with E-state index in [9.17, 15) is 14.7 Å². The molecule has 36 heavy (non-hydrogen) atoms. The van der Waals surface area contributed by atoms with Gasteiger partial charge in [0.05, 0.1) is 6.61 Å². The molecule has 3 aromatic rings. The lowest BCUT2D eigenvalue weighted by Gasteiger charge is -2.42. The number of amides is 3. The maximum Gasteiger partial charge on any atom is 0.328 e. The molecule has 0 aliphatic carbocycles. The normalized spacial score (nSPS) is 21.4. The number of H-pyrrole nitrogens is 1. The van der Waals surface area contributed by atoms with Crippen molar-refractivity contribution in [1.29, 1.82) is 0 Å². The number of aromatic amines is 1. The molecule has 0 radical (unpaired) electrons. The first kappa shape index (κ1) is 24.2. The molecule has 8 nitrogen and oxygen atoms in total. The Bertz CT molecular complexity index is 1320. The average molecular weight is 491 g/mol. The minimum Gasteiger partial charge on any atom is -0.508 e. The van der Waals surface area contributed by atoms with Gasteiger partial charge in [0.15, 0.2) is 0 Å². The minimum absolute atomic E-state index is 0.115. The number of nitrogens with zero attached hydrogens (tertiary/aromatic N) is 2. The Labute approximate surface area is 211 Å². The predicted octanol–water partition coefficient (Wildman–Crippen LogP) is 4.19. The van der Waals surface area contributed by atoms with Crippen LogP contribution >= 0.6 is 0 Å². The molecular formula is C28H34N4O4. The summed E-state index contributed by atoms with van der Waals surface area (Å²) in [5.41, 5.74) is 2.49. The first-order valence-electron chi connectivity index (χ1n) is 12.7. The van der Waals surface area contributed by atoms with Crippen LogP contribution in [0, 0.1) is 5.92 Å². The number of ether oxygens (including phenoxy) is 1. The highest BCUT2D eigenvalue weighted by Crippen LogP contribution is 2.49. The lowest BCUT2D eigenvalue weighted by Crippen LogP contribution is -2.53. The Morgan fingerprint density at radius 3 is 2.75 bits per heavy atom. The van der Waals surface area contributed by atoms with Gasteiger partial charge < -0.3 is 20.1 Å². The molecule has 3 heterocycles. The van der Waals surface area contributed by atoms with Gasteiger partial charge in [0, 0.05) is 36.1 Å². The molecule has 190 valence electrons. The summed E-state index contributed by atoms with van der Waals surface area (Å²) in [7, 11) is 0. The predicted molar refractivity (Wildman–Crippen MR) is 138 cm³/mol. The van der Waals surface area contributed by atoms with Crippen molar-refractivity contribution in [3.63, 3.8) is 0 Å². The Morgan fingerprint density at radius 1 is 1.22 bits per heavy atom. The number of phenols is 1. The van der Waals surface area contributed by atoms with Crippen molar-refractivity contribution in [2.75, 3.05) is 26.2 Å². The molecule has 3 amide bonds. The SMILES string of the molecule is CCOc1ccc2[nH]c3c(c2c1)C[C@@]1(C)C(=O)N(CCNCC(C)C)C(=O)N1[C@@H]3c1cccc(O)c1. The number of benzene rings is 2. The topological polar surface area (TPSA) is 97.9 Å². The fraction of sp³-hybridized carbons (Fsp3) is 0.429. The van der Waals surface area contributed by atoms with Crippen LogP contribution in [0.5, 0.6) is 11.5 Å². The van der Waals surface area contributed by atoms with Crippen molar-refractivity contribution in [2.45, 2.75) is 45.7 Å². The van der Waals surface area contributed by atoms with Crippen molar-refractivity contribution in [1.82, 2.24) is 20.1 Å². The molecule has 1 aromatic heterocycles. The molecule has 3 N–H and O–H groups in total. The third-order valence-corrected chi connectivity index (χ3v) is 7.20. The number of fused-ring (bicyclic) bond motifs is 4. The number of urea groups is 1. The van der Waals surface area contributed by atoms with Gasteiger partial charge in [0.2, 0.25) is 0 Å².